The molecule has 1 aliphatic rings. The molecule has 0 atom stereocenters. The molecule has 19 heavy (non-hydrogen) atoms. The van der Waals surface area contributed by atoms with Crippen molar-refractivity contribution >= 4 is 18.4 Å². The minimum Gasteiger partial charge on any atom is -0.358 e. The summed E-state index contributed by atoms with van der Waals surface area (Å²) in [6, 6.07) is 0. The number of hydrogen-bond donors (Lipinski definition) is 2. The van der Waals surface area contributed by atoms with Gasteiger partial charge in [0.1, 0.15) is 0 Å². The fourth-order valence-corrected chi connectivity index (χ4v) is 2.16. The van der Waals surface area contributed by atoms with Crippen LogP contribution in [0.15, 0.2) is 5.16 Å². The zero-order valence-electron chi connectivity index (χ0n) is 11.0. The zero-order valence-corrected chi connectivity index (χ0v) is 11.0. The highest BCUT2D eigenvalue weighted by Crippen LogP contribution is 2.12. The molecule has 0 fully saturated rings. The SMILES string of the molecule is C/C=c1/c2c([nH]/c1=C/C=N/OC(C)(F)F)CCNC2. The van der Waals surface area contributed by atoms with Crippen molar-refractivity contribution in [3.05, 3.63) is 21.8 Å². The lowest BCUT2D eigenvalue weighted by Gasteiger charge is -2.11. The lowest BCUT2D eigenvalue weighted by atomic mass is 10.1. The third kappa shape index (κ3) is 3.41. The van der Waals surface area contributed by atoms with E-state index in [9.17, 15) is 8.78 Å². The maximum absolute atomic E-state index is 12.4. The largest absolute Gasteiger partial charge is 0.415 e. The van der Waals surface area contributed by atoms with Gasteiger partial charge in [0.15, 0.2) is 0 Å². The van der Waals surface area contributed by atoms with Gasteiger partial charge in [-0.05, 0) is 23.8 Å². The standard InChI is InChI=1S/C13H17F2N3O/c1-3-9-10-8-16-6-4-12(10)18-11(9)5-7-17-19-13(2,14)15/h3,5,7,16,18H,4,6,8H2,1-2H3/b9-3-,11-5+,17-7+. The van der Waals surface area contributed by atoms with Crippen LogP contribution in [0.1, 0.15) is 25.1 Å². The summed E-state index contributed by atoms with van der Waals surface area (Å²) < 4.78 is 24.8. The van der Waals surface area contributed by atoms with E-state index in [0.717, 1.165) is 30.1 Å². The van der Waals surface area contributed by atoms with Crippen molar-refractivity contribution in [1.82, 2.24) is 10.3 Å². The smallest absolute Gasteiger partial charge is 0.358 e. The summed E-state index contributed by atoms with van der Waals surface area (Å²) in [7, 11) is 0. The van der Waals surface area contributed by atoms with Crippen LogP contribution in [0.3, 0.4) is 0 Å². The Morgan fingerprint density at radius 3 is 2.89 bits per heavy atom. The molecule has 2 rings (SSSR count). The minimum atomic E-state index is -3.25. The molecular weight excluding hydrogens is 252 g/mol. The van der Waals surface area contributed by atoms with Crippen molar-refractivity contribution in [1.29, 1.82) is 0 Å². The number of aromatic nitrogens is 1. The van der Waals surface area contributed by atoms with Crippen LogP contribution in [-0.4, -0.2) is 23.9 Å². The van der Waals surface area contributed by atoms with Gasteiger partial charge < -0.3 is 15.1 Å². The summed E-state index contributed by atoms with van der Waals surface area (Å²) in [6.45, 7) is 4.35. The molecule has 0 bridgehead atoms. The molecule has 2 heterocycles. The topological polar surface area (TPSA) is 49.4 Å². The monoisotopic (exact) mass is 269 g/mol. The molecule has 0 unspecified atom stereocenters. The van der Waals surface area contributed by atoms with E-state index >= 15 is 0 Å². The lowest BCUT2D eigenvalue weighted by Crippen LogP contribution is -2.29. The van der Waals surface area contributed by atoms with Crippen LogP contribution in [-0.2, 0) is 17.8 Å². The van der Waals surface area contributed by atoms with E-state index in [1.54, 1.807) is 6.08 Å². The Hall–Kier alpha value is -1.69. The molecule has 104 valence electrons. The number of nitrogens with one attached hydrogen (secondary N) is 2. The second-order valence-corrected chi connectivity index (χ2v) is 4.45. The van der Waals surface area contributed by atoms with E-state index in [-0.39, 0.29) is 0 Å². The van der Waals surface area contributed by atoms with Crippen LogP contribution in [0.2, 0.25) is 0 Å². The van der Waals surface area contributed by atoms with Crippen molar-refractivity contribution in [2.24, 2.45) is 5.16 Å². The van der Waals surface area contributed by atoms with E-state index in [1.807, 2.05) is 13.0 Å². The van der Waals surface area contributed by atoms with E-state index in [0.29, 0.717) is 6.92 Å². The summed E-state index contributed by atoms with van der Waals surface area (Å²) in [5, 5.41) is 8.49. The van der Waals surface area contributed by atoms with Crippen molar-refractivity contribution < 1.29 is 13.6 Å². The molecule has 2 N–H and O–H groups in total. The second kappa shape index (κ2) is 5.52. The van der Waals surface area contributed by atoms with Crippen molar-refractivity contribution in [3.8, 4) is 0 Å². The van der Waals surface area contributed by atoms with E-state index in [2.05, 4.69) is 20.3 Å². The van der Waals surface area contributed by atoms with Crippen LogP contribution in [0.25, 0.3) is 12.2 Å². The molecule has 4 nitrogen and oxygen atoms in total. The van der Waals surface area contributed by atoms with E-state index in [4.69, 9.17) is 0 Å². The third-order valence-corrected chi connectivity index (χ3v) is 2.92. The molecule has 0 saturated carbocycles. The number of nitrogens with zero attached hydrogens (tertiary/aromatic N) is 1. The number of fused-ring (bicyclic) bond motifs is 1. The normalized spacial score (nSPS) is 18.1. The minimum absolute atomic E-state index is 0.647. The predicted octanol–water partition coefficient (Wildman–Crippen LogP) is 0.856. The van der Waals surface area contributed by atoms with Gasteiger partial charge in [0.2, 0.25) is 0 Å². The first-order valence-electron chi connectivity index (χ1n) is 6.18. The van der Waals surface area contributed by atoms with Gasteiger partial charge >= 0.3 is 6.11 Å². The Labute approximate surface area is 109 Å². The fraction of sp³-hybridized carbons (Fsp3) is 0.462. The Morgan fingerprint density at radius 2 is 2.21 bits per heavy atom. The number of alkyl halides is 2. The van der Waals surface area contributed by atoms with Crippen molar-refractivity contribution in [2.45, 2.75) is 32.9 Å². The van der Waals surface area contributed by atoms with Gasteiger partial charge in [0, 0.05) is 37.5 Å². The summed E-state index contributed by atoms with van der Waals surface area (Å²) in [4.78, 5) is 7.28. The highest BCUT2D eigenvalue weighted by molar-refractivity contribution is 5.90. The zero-order chi connectivity index (χ0) is 13.9. The van der Waals surface area contributed by atoms with Crippen LogP contribution in [0.4, 0.5) is 8.78 Å². The number of hydrogen-bond acceptors (Lipinski definition) is 3. The molecular formula is C13H17F2N3O. The van der Waals surface area contributed by atoms with Crippen LogP contribution >= 0.6 is 0 Å². The van der Waals surface area contributed by atoms with Gasteiger partial charge in [-0.1, -0.05) is 11.2 Å². The Kier molecular flexibility index (Phi) is 3.99. The lowest BCUT2D eigenvalue weighted by molar-refractivity contribution is -0.223. The molecule has 0 amide bonds. The number of oxime groups is 1. The second-order valence-electron chi connectivity index (χ2n) is 4.45. The molecule has 0 spiro atoms. The number of halogens is 2. The van der Waals surface area contributed by atoms with Gasteiger partial charge in [-0.2, -0.15) is 8.78 Å². The fourth-order valence-electron chi connectivity index (χ4n) is 2.16. The first-order chi connectivity index (χ1) is 9.01. The molecule has 1 aromatic heterocycles. The molecule has 0 aromatic carbocycles. The maximum atomic E-state index is 12.4. The Balaban J connectivity index is 2.28. The summed E-state index contributed by atoms with van der Waals surface area (Å²) in [5.74, 6) is 0. The van der Waals surface area contributed by atoms with Gasteiger partial charge in [-0.15, -0.1) is 0 Å². The van der Waals surface area contributed by atoms with E-state index < -0.39 is 6.11 Å². The van der Waals surface area contributed by atoms with Gasteiger partial charge in [-0.3, -0.25) is 0 Å². The Morgan fingerprint density at radius 1 is 1.42 bits per heavy atom. The summed E-state index contributed by atoms with van der Waals surface area (Å²) in [5.41, 5.74) is 2.42. The van der Waals surface area contributed by atoms with Crippen LogP contribution < -0.4 is 15.9 Å². The average Bonchev–Trinajstić information content (AvgIpc) is 2.71. The van der Waals surface area contributed by atoms with Crippen LogP contribution in [0, 0.1) is 0 Å². The van der Waals surface area contributed by atoms with Crippen molar-refractivity contribution in [2.75, 3.05) is 6.54 Å². The average molecular weight is 269 g/mol. The predicted molar refractivity (Wildman–Crippen MR) is 70.3 cm³/mol. The molecule has 1 aromatic rings. The molecule has 6 heteroatoms. The van der Waals surface area contributed by atoms with Gasteiger partial charge in [0.25, 0.3) is 0 Å². The first kappa shape index (κ1) is 13.7. The number of rotatable bonds is 3. The number of H-pyrrole nitrogens is 1. The molecule has 1 aliphatic heterocycles. The van der Waals surface area contributed by atoms with Gasteiger partial charge in [-0.25, -0.2) is 0 Å². The Bertz CT molecular complexity index is 584. The molecule has 0 saturated heterocycles. The highest BCUT2D eigenvalue weighted by Gasteiger charge is 2.21. The maximum Gasteiger partial charge on any atom is 0.415 e. The third-order valence-electron chi connectivity index (χ3n) is 2.92. The quantitative estimate of drug-likeness (QED) is 0.631. The molecule has 0 radical (unpaired) electrons. The summed E-state index contributed by atoms with van der Waals surface area (Å²) >= 11 is 0. The van der Waals surface area contributed by atoms with Crippen molar-refractivity contribution in [3.63, 3.8) is 0 Å². The molecule has 0 aliphatic carbocycles. The first-order valence-corrected chi connectivity index (χ1v) is 6.18. The van der Waals surface area contributed by atoms with Gasteiger partial charge in [0.05, 0.1) is 6.21 Å². The summed E-state index contributed by atoms with van der Waals surface area (Å²) in [6.07, 6.45) is 2.55. The number of aromatic amines is 1. The van der Waals surface area contributed by atoms with E-state index in [1.165, 1.54) is 17.5 Å². The highest BCUT2D eigenvalue weighted by atomic mass is 19.3. The van der Waals surface area contributed by atoms with Crippen LogP contribution in [0.5, 0.6) is 0 Å².